The molecule has 0 amide bonds. The molecule has 0 spiro atoms. The summed E-state index contributed by atoms with van der Waals surface area (Å²) in [6, 6.07) is 28.9. The molecule has 0 saturated heterocycles. The van der Waals surface area contributed by atoms with E-state index in [2.05, 4.69) is 32.6 Å². The third kappa shape index (κ3) is 8.32. The second kappa shape index (κ2) is 15.2. The van der Waals surface area contributed by atoms with Gasteiger partial charge in [0.15, 0.2) is 8.03 Å². The normalized spacial score (nSPS) is 13.0. The third-order valence-electron chi connectivity index (χ3n) is 8.02. The number of aliphatic carboxylic acids is 1. The van der Waals surface area contributed by atoms with Crippen LogP contribution in [0.1, 0.15) is 49.4 Å². The number of carboxylic acid groups (broad SMARTS) is 1. The highest BCUT2D eigenvalue weighted by molar-refractivity contribution is 7.39. The summed E-state index contributed by atoms with van der Waals surface area (Å²) < 4.78 is 40.0. The fourth-order valence-corrected chi connectivity index (χ4v) is 11.7. The van der Waals surface area contributed by atoms with Gasteiger partial charge in [0.05, 0.1) is 12.5 Å². The van der Waals surface area contributed by atoms with Gasteiger partial charge in [-0.3, -0.25) is 9.36 Å². The molecule has 4 aromatic carbocycles. The second-order valence-corrected chi connectivity index (χ2v) is 18.3. The van der Waals surface area contributed by atoms with Crippen molar-refractivity contribution in [2.45, 2.75) is 59.1 Å². The van der Waals surface area contributed by atoms with Crippen LogP contribution in [0.15, 0.2) is 91.0 Å². The van der Waals surface area contributed by atoms with Crippen LogP contribution in [0.5, 0.6) is 0 Å². The first kappa shape index (κ1) is 35.1. The van der Waals surface area contributed by atoms with Crippen LogP contribution >= 0.6 is 8.03 Å². The predicted molar refractivity (Wildman–Crippen MR) is 187 cm³/mol. The Balaban J connectivity index is 1.58. The SMILES string of the molecule is Cc1cc(C)c(C#CCO[PH](=O)C[C@H](CC(=O)O)O[Si](c2ccccc2)(c2ccccc2)C(C)(C)C)c(-c2ccc(F)c(C)c2)c1. The van der Waals surface area contributed by atoms with E-state index in [1.165, 1.54) is 6.07 Å². The molecule has 0 heterocycles. The quantitative estimate of drug-likeness (QED) is 0.102. The number of aryl methyl sites for hydroxylation is 3. The fraction of sp³-hybridized carbons (Fsp3) is 0.289. The summed E-state index contributed by atoms with van der Waals surface area (Å²) in [5.41, 5.74) is 5.12. The van der Waals surface area contributed by atoms with E-state index in [0.717, 1.165) is 38.2 Å². The average molecular weight is 657 g/mol. The molecule has 8 heteroatoms. The number of benzene rings is 4. The minimum Gasteiger partial charge on any atom is -0.481 e. The topological polar surface area (TPSA) is 72.8 Å². The number of carbonyl (C=O) groups is 1. The molecule has 0 fully saturated rings. The number of rotatable bonds is 11. The lowest BCUT2D eigenvalue weighted by Gasteiger charge is -2.45. The van der Waals surface area contributed by atoms with Crippen molar-refractivity contribution in [2.75, 3.05) is 12.8 Å². The monoisotopic (exact) mass is 656 g/mol. The van der Waals surface area contributed by atoms with Gasteiger partial charge in [0.25, 0.3) is 8.32 Å². The molecule has 0 saturated carbocycles. The standard InChI is InChI=1S/C38H42FO5PSi/c1-27-22-28(2)34(35(23-27)30-19-20-36(39)29(3)24-30)18-13-21-43-45(42)26-31(25-37(40)41)44-46(38(4,5)6,32-14-9-7-10-15-32)33-16-11-8-12-17-33/h7-12,14-17,19-20,22-24,31,45H,21,25-26H2,1-6H3,(H,40,41)/t31-/m0/s1. The van der Waals surface area contributed by atoms with Crippen LogP contribution in [0.25, 0.3) is 11.1 Å². The molecule has 0 bridgehead atoms. The van der Waals surface area contributed by atoms with Crippen molar-refractivity contribution >= 4 is 32.7 Å². The van der Waals surface area contributed by atoms with Crippen molar-refractivity contribution in [1.29, 1.82) is 0 Å². The van der Waals surface area contributed by atoms with Crippen LogP contribution in [-0.4, -0.2) is 38.3 Å². The molecule has 4 rings (SSSR count). The lowest BCUT2D eigenvalue weighted by molar-refractivity contribution is -0.138. The Morgan fingerprint density at radius 3 is 2.07 bits per heavy atom. The second-order valence-electron chi connectivity index (χ2n) is 12.6. The maximum atomic E-state index is 14.0. The highest BCUT2D eigenvalue weighted by atomic mass is 31.1. The van der Waals surface area contributed by atoms with Crippen LogP contribution in [0.2, 0.25) is 5.04 Å². The van der Waals surface area contributed by atoms with Gasteiger partial charge >= 0.3 is 5.97 Å². The van der Waals surface area contributed by atoms with E-state index in [-0.39, 0.29) is 30.0 Å². The molecule has 1 unspecified atom stereocenters. The van der Waals surface area contributed by atoms with Crippen molar-refractivity contribution in [3.05, 3.63) is 119 Å². The first-order valence-corrected chi connectivity index (χ1v) is 18.8. The molecule has 4 aromatic rings. The molecule has 1 N–H and O–H groups in total. The molecule has 46 heavy (non-hydrogen) atoms. The molecule has 5 nitrogen and oxygen atoms in total. The highest BCUT2D eigenvalue weighted by Crippen LogP contribution is 2.39. The van der Waals surface area contributed by atoms with Gasteiger partial charge in [-0.2, -0.15) is 0 Å². The molecule has 0 aliphatic carbocycles. The summed E-state index contributed by atoms with van der Waals surface area (Å²) in [5, 5.41) is 11.5. The first-order chi connectivity index (χ1) is 21.8. The zero-order valence-corrected chi connectivity index (χ0v) is 29.3. The van der Waals surface area contributed by atoms with E-state index in [0.29, 0.717) is 5.56 Å². The van der Waals surface area contributed by atoms with Crippen LogP contribution in [0.4, 0.5) is 4.39 Å². The molecule has 0 aromatic heterocycles. The Labute approximate surface area is 273 Å². The van der Waals surface area contributed by atoms with Gasteiger partial charge in [-0.1, -0.05) is 117 Å². The van der Waals surface area contributed by atoms with Crippen LogP contribution < -0.4 is 10.4 Å². The average Bonchev–Trinajstić information content (AvgIpc) is 3.00. The van der Waals surface area contributed by atoms with E-state index in [1.807, 2.05) is 86.6 Å². The summed E-state index contributed by atoms with van der Waals surface area (Å²) in [4.78, 5) is 12.0. The Kier molecular flexibility index (Phi) is 11.6. The largest absolute Gasteiger partial charge is 0.481 e. The van der Waals surface area contributed by atoms with Crippen LogP contribution in [0, 0.1) is 38.4 Å². The van der Waals surface area contributed by atoms with Crippen LogP contribution in [-0.2, 0) is 18.3 Å². The fourth-order valence-electron chi connectivity index (χ4n) is 5.95. The van der Waals surface area contributed by atoms with Crippen molar-refractivity contribution in [3.63, 3.8) is 0 Å². The number of carboxylic acids is 1. The first-order valence-electron chi connectivity index (χ1n) is 15.3. The molecule has 0 radical (unpaired) electrons. The van der Waals surface area contributed by atoms with Gasteiger partial charge in [0.1, 0.15) is 12.4 Å². The van der Waals surface area contributed by atoms with Crippen molar-refractivity contribution in [3.8, 4) is 23.0 Å². The van der Waals surface area contributed by atoms with Crippen molar-refractivity contribution < 1.29 is 27.8 Å². The van der Waals surface area contributed by atoms with E-state index in [4.69, 9.17) is 8.95 Å². The predicted octanol–water partition coefficient (Wildman–Crippen LogP) is 7.68. The Morgan fingerprint density at radius 2 is 1.52 bits per heavy atom. The Bertz CT molecular complexity index is 1720. The molecule has 240 valence electrons. The van der Waals surface area contributed by atoms with Crippen molar-refractivity contribution in [1.82, 2.24) is 0 Å². The molecule has 0 aliphatic heterocycles. The zero-order valence-electron chi connectivity index (χ0n) is 27.3. The van der Waals surface area contributed by atoms with Gasteiger partial charge in [-0.25, -0.2) is 4.39 Å². The lowest BCUT2D eigenvalue weighted by Crippen LogP contribution is -2.68. The van der Waals surface area contributed by atoms with E-state index >= 15 is 0 Å². The Morgan fingerprint density at radius 1 is 0.913 bits per heavy atom. The summed E-state index contributed by atoms with van der Waals surface area (Å²) in [7, 11) is -5.79. The Hall–Kier alpha value is -3.79. The minimum absolute atomic E-state index is 0.0488. The molecular weight excluding hydrogens is 614 g/mol. The van der Waals surface area contributed by atoms with Crippen LogP contribution in [0.3, 0.4) is 0 Å². The van der Waals surface area contributed by atoms with Gasteiger partial charge in [0.2, 0.25) is 0 Å². The van der Waals surface area contributed by atoms with Gasteiger partial charge in [0, 0.05) is 11.7 Å². The number of hydrogen-bond acceptors (Lipinski definition) is 4. The van der Waals surface area contributed by atoms with Gasteiger partial charge < -0.3 is 14.1 Å². The summed E-state index contributed by atoms with van der Waals surface area (Å²) in [5.74, 6) is 4.88. The maximum absolute atomic E-state index is 14.0. The molecule has 0 aliphatic rings. The summed E-state index contributed by atoms with van der Waals surface area (Å²) in [6.45, 7) is 11.9. The van der Waals surface area contributed by atoms with Gasteiger partial charge in [-0.05, 0) is 70.6 Å². The zero-order chi connectivity index (χ0) is 33.5. The summed E-state index contributed by atoms with van der Waals surface area (Å²) in [6.07, 6.45) is -1.19. The highest BCUT2D eigenvalue weighted by Gasteiger charge is 2.51. The smallest absolute Gasteiger partial charge is 0.305 e. The minimum atomic E-state index is -3.08. The lowest BCUT2D eigenvalue weighted by atomic mass is 9.93. The number of hydrogen-bond donors (Lipinski definition) is 1. The van der Waals surface area contributed by atoms with E-state index in [1.54, 1.807) is 19.1 Å². The summed E-state index contributed by atoms with van der Waals surface area (Å²) >= 11 is 0. The van der Waals surface area contributed by atoms with E-state index in [9.17, 15) is 18.9 Å². The third-order valence-corrected chi connectivity index (χ3v) is 14.4. The van der Waals surface area contributed by atoms with Gasteiger partial charge in [-0.15, -0.1) is 0 Å². The maximum Gasteiger partial charge on any atom is 0.305 e. The van der Waals surface area contributed by atoms with E-state index < -0.39 is 28.4 Å². The van der Waals surface area contributed by atoms with Crippen molar-refractivity contribution in [2.24, 2.45) is 0 Å². The molecule has 2 atom stereocenters. The number of halogens is 1. The molecular formula is C38H42FO5PSi.